The van der Waals surface area contributed by atoms with Crippen molar-refractivity contribution in [1.82, 2.24) is 19.9 Å². The fourth-order valence-corrected chi connectivity index (χ4v) is 2.79. The van der Waals surface area contributed by atoms with E-state index in [-0.39, 0.29) is 0 Å². The first-order chi connectivity index (χ1) is 9.38. The minimum atomic E-state index is 0.562. The highest BCUT2D eigenvalue weighted by molar-refractivity contribution is 5.48. The van der Waals surface area contributed by atoms with Gasteiger partial charge in [-0.15, -0.1) is 0 Å². The lowest BCUT2D eigenvalue weighted by Gasteiger charge is -2.35. The van der Waals surface area contributed by atoms with E-state index in [9.17, 15) is 0 Å². The van der Waals surface area contributed by atoms with Crippen LogP contribution in [0.5, 0.6) is 0 Å². The van der Waals surface area contributed by atoms with E-state index < -0.39 is 0 Å². The molecule has 3 heterocycles. The summed E-state index contributed by atoms with van der Waals surface area (Å²) in [6.07, 6.45) is 7.43. The molecule has 0 aromatic carbocycles. The zero-order valence-corrected chi connectivity index (χ0v) is 11.4. The third-order valence-corrected chi connectivity index (χ3v) is 3.71. The summed E-state index contributed by atoms with van der Waals surface area (Å²) in [5.41, 5.74) is 0.919. The van der Waals surface area contributed by atoms with Gasteiger partial charge in [0.15, 0.2) is 5.65 Å². The van der Waals surface area contributed by atoms with Gasteiger partial charge in [0, 0.05) is 31.4 Å². The molecule has 1 saturated heterocycles. The quantitative estimate of drug-likeness (QED) is 0.907. The van der Waals surface area contributed by atoms with Crippen molar-refractivity contribution in [1.29, 1.82) is 0 Å². The van der Waals surface area contributed by atoms with Crippen molar-refractivity contribution in [2.45, 2.75) is 32.2 Å². The summed E-state index contributed by atoms with van der Waals surface area (Å²) in [5.74, 6) is 1.07. The Morgan fingerprint density at radius 3 is 3.21 bits per heavy atom. The summed E-state index contributed by atoms with van der Waals surface area (Å²) in [7, 11) is 0. The molecule has 1 fully saturated rings. The Bertz CT molecular complexity index is 529. The van der Waals surface area contributed by atoms with Crippen LogP contribution in [0.15, 0.2) is 24.5 Å². The second kappa shape index (κ2) is 5.57. The van der Waals surface area contributed by atoms with Gasteiger partial charge in [-0.2, -0.15) is 5.10 Å². The third kappa shape index (κ3) is 2.56. The molecule has 3 rings (SSSR count). The molecule has 2 aromatic rings. The van der Waals surface area contributed by atoms with Gasteiger partial charge in [-0.05, 0) is 31.9 Å². The minimum absolute atomic E-state index is 0.562. The predicted molar refractivity (Wildman–Crippen MR) is 76.5 cm³/mol. The normalized spacial score (nSPS) is 19.7. The van der Waals surface area contributed by atoms with E-state index in [0.717, 1.165) is 37.5 Å². The molecular weight excluding hydrogens is 238 g/mol. The summed E-state index contributed by atoms with van der Waals surface area (Å²) in [6, 6.07) is 4.59. The second-order valence-electron chi connectivity index (χ2n) is 5.11. The number of aromatic nitrogens is 3. The van der Waals surface area contributed by atoms with Crippen LogP contribution in [0.25, 0.3) is 5.65 Å². The van der Waals surface area contributed by atoms with E-state index in [1.165, 1.54) is 12.8 Å². The van der Waals surface area contributed by atoms with E-state index in [1.807, 2.05) is 16.8 Å². The fourth-order valence-electron chi connectivity index (χ4n) is 2.79. The zero-order valence-electron chi connectivity index (χ0n) is 11.4. The summed E-state index contributed by atoms with van der Waals surface area (Å²) in [6.45, 7) is 5.49. The van der Waals surface area contributed by atoms with Gasteiger partial charge < -0.3 is 10.2 Å². The Labute approximate surface area is 113 Å². The first-order valence-corrected chi connectivity index (χ1v) is 7.16. The number of nitrogens with zero attached hydrogens (tertiary/aromatic N) is 4. The number of rotatable bonds is 4. The molecule has 5 heteroatoms. The fraction of sp³-hybridized carbons (Fsp3) is 0.571. The molecule has 2 aromatic heterocycles. The van der Waals surface area contributed by atoms with Crippen LogP contribution in [-0.4, -0.2) is 40.3 Å². The van der Waals surface area contributed by atoms with Crippen molar-refractivity contribution in [3.8, 4) is 0 Å². The first-order valence-electron chi connectivity index (χ1n) is 7.16. The molecule has 1 unspecified atom stereocenters. The van der Waals surface area contributed by atoms with Crippen molar-refractivity contribution in [2.24, 2.45) is 0 Å². The van der Waals surface area contributed by atoms with Gasteiger partial charge in [0.2, 0.25) is 0 Å². The van der Waals surface area contributed by atoms with Crippen molar-refractivity contribution < 1.29 is 0 Å². The Morgan fingerprint density at radius 2 is 2.42 bits per heavy atom. The van der Waals surface area contributed by atoms with Crippen LogP contribution >= 0.6 is 0 Å². The Hall–Kier alpha value is -1.62. The maximum absolute atomic E-state index is 4.73. The van der Waals surface area contributed by atoms with E-state index in [1.54, 1.807) is 6.20 Å². The minimum Gasteiger partial charge on any atom is -0.352 e. The van der Waals surface area contributed by atoms with Crippen LogP contribution in [0, 0.1) is 0 Å². The monoisotopic (exact) mass is 259 g/mol. The van der Waals surface area contributed by atoms with Crippen molar-refractivity contribution >= 4 is 11.5 Å². The molecule has 1 atom stereocenters. The van der Waals surface area contributed by atoms with Gasteiger partial charge in [-0.1, -0.05) is 6.92 Å². The maximum atomic E-state index is 4.73. The van der Waals surface area contributed by atoms with Crippen LogP contribution in [0.2, 0.25) is 0 Å². The Balaban J connectivity index is 1.88. The van der Waals surface area contributed by atoms with Crippen LogP contribution in [0.4, 0.5) is 5.82 Å². The zero-order chi connectivity index (χ0) is 13.1. The van der Waals surface area contributed by atoms with Gasteiger partial charge in [0.1, 0.15) is 5.82 Å². The summed E-state index contributed by atoms with van der Waals surface area (Å²) in [4.78, 5) is 7.17. The van der Waals surface area contributed by atoms with Crippen LogP contribution in [-0.2, 0) is 0 Å². The van der Waals surface area contributed by atoms with Gasteiger partial charge in [-0.25, -0.2) is 9.50 Å². The van der Waals surface area contributed by atoms with Crippen molar-refractivity contribution in [3.63, 3.8) is 0 Å². The average Bonchev–Trinajstić information content (AvgIpc) is 2.93. The SMILES string of the molecule is CCCN(c1ccn2nccc2n1)C1CCCNC1. The molecule has 0 radical (unpaired) electrons. The highest BCUT2D eigenvalue weighted by atomic mass is 15.3. The lowest BCUT2D eigenvalue weighted by Crippen LogP contribution is -2.46. The molecule has 0 amide bonds. The molecule has 0 saturated carbocycles. The van der Waals surface area contributed by atoms with Crippen LogP contribution in [0.3, 0.4) is 0 Å². The van der Waals surface area contributed by atoms with Gasteiger partial charge >= 0.3 is 0 Å². The lowest BCUT2D eigenvalue weighted by atomic mass is 10.1. The Morgan fingerprint density at radius 1 is 1.47 bits per heavy atom. The molecule has 0 bridgehead atoms. The van der Waals surface area contributed by atoms with E-state index in [4.69, 9.17) is 4.98 Å². The average molecular weight is 259 g/mol. The number of hydrogen-bond acceptors (Lipinski definition) is 4. The number of anilines is 1. The summed E-state index contributed by atoms with van der Waals surface area (Å²) < 4.78 is 1.81. The number of nitrogens with one attached hydrogen (secondary N) is 1. The Kier molecular flexibility index (Phi) is 3.64. The molecular formula is C14H21N5. The standard InChI is InChI=1S/C14H21N5/c1-2-9-18(12-4-3-7-15-11-12)13-6-10-19-14(17-13)5-8-16-19/h5-6,8,10,12,15H,2-4,7,9,11H2,1H3. The second-order valence-corrected chi connectivity index (χ2v) is 5.11. The lowest BCUT2D eigenvalue weighted by molar-refractivity contribution is 0.429. The molecule has 102 valence electrons. The molecule has 1 N–H and O–H groups in total. The largest absolute Gasteiger partial charge is 0.352 e. The molecule has 1 aliphatic heterocycles. The molecule has 0 aliphatic carbocycles. The highest BCUT2D eigenvalue weighted by Crippen LogP contribution is 2.19. The molecule has 19 heavy (non-hydrogen) atoms. The predicted octanol–water partition coefficient (Wildman–Crippen LogP) is 1.70. The van der Waals surface area contributed by atoms with E-state index >= 15 is 0 Å². The number of fused-ring (bicyclic) bond motifs is 1. The van der Waals surface area contributed by atoms with Crippen molar-refractivity contribution in [3.05, 3.63) is 24.5 Å². The number of hydrogen-bond donors (Lipinski definition) is 1. The highest BCUT2D eigenvalue weighted by Gasteiger charge is 2.21. The van der Waals surface area contributed by atoms with Crippen molar-refractivity contribution in [2.75, 3.05) is 24.5 Å². The van der Waals surface area contributed by atoms with Crippen LogP contribution < -0.4 is 10.2 Å². The first kappa shape index (κ1) is 12.4. The molecule has 5 nitrogen and oxygen atoms in total. The third-order valence-electron chi connectivity index (χ3n) is 3.71. The van der Waals surface area contributed by atoms with Crippen LogP contribution in [0.1, 0.15) is 26.2 Å². The van der Waals surface area contributed by atoms with Gasteiger partial charge in [-0.3, -0.25) is 0 Å². The van der Waals surface area contributed by atoms with E-state index in [0.29, 0.717) is 6.04 Å². The maximum Gasteiger partial charge on any atom is 0.157 e. The molecule has 0 spiro atoms. The summed E-state index contributed by atoms with van der Waals surface area (Å²) >= 11 is 0. The smallest absolute Gasteiger partial charge is 0.157 e. The van der Waals surface area contributed by atoms with Gasteiger partial charge in [0.05, 0.1) is 6.20 Å². The summed E-state index contributed by atoms with van der Waals surface area (Å²) in [5, 5.41) is 7.69. The van der Waals surface area contributed by atoms with Gasteiger partial charge in [0.25, 0.3) is 0 Å². The van der Waals surface area contributed by atoms with E-state index in [2.05, 4.69) is 28.3 Å². The topological polar surface area (TPSA) is 45.5 Å². The number of piperidine rings is 1. The molecule has 1 aliphatic rings.